The van der Waals surface area contributed by atoms with Crippen LogP contribution >= 0.6 is 11.3 Å². The first-order valence-corrected chi connectivity index (χ1v) is 6.60. The lowest BCUT2D eigenvalue weighted by Crippen LogP contribution is -2.27. The summed E-state index contributed by atoms with van der Waals surface area (Å²) < 4.78 is 0. The van der Waals surface area contributed by atoms with Gasteiger partial charge in [0, 0.05) is 0 Å². The lowest BCUT2D eigenvalue weighted by Gasteiger charge is -2.12. The molecule has 1 amide bonds. The fraction of sp³-hybridized carbons (Fsp3) is 0.143. The van der Waals surface area contributed by atoms with Crippen LogP contribution in [0, 0.1) is 18.3 Å². The van der Waals surface area contributed by atoms with Crippen LogP contribution < -0.4 is 11.1 Å². The van der Waals surface area contributed by atoms with Gasteiger partial charge in [-0.15, -0.1) is 11.3 Å². The van der Waals surface area contributed by atoms with Gasteiger partial charge in [0.1, 0.15) is 17.1 Å². The largest absolute Gasteiger partial charge is 0.316 e. The molecule has 96 valence electrons. The first-order chi connectivity index (χ1) is 9.11. The van der Waals surface area contributed by atoms with Gasteiger partial charge in [0.05, 0.1) is 5.56 Å². The maximum Gasteiger partial charge on any atom is 0.246 e. The molecule has 0 saturated carbocycles. The van der Waals surface area contributed by atoms with Crippen LogP contribution in [0.5, 0.6) is 0 Å². The van der Waals surface area contributed by atoms with E-state index in [1.165, 1.54) is 11.3 Å². The number of carbonyl (C=O) groups excluding carboxylic acids is 1. The second-order valence-electron chi connectivity index (χ2n) is 4.15. The third-order valence-corrected chi connectivity index (χ3v) is 3.57. The molecule has 1 unspecified atom stereocenters. The fourth-order valence-corrected chi connectivity index (χ4v) is 2.35. The van der Waals surface area contributed by atoms with E-state index in [1.54, 1.807) is 11.4 Å². The van der Waals surface area contributed by atoms with E-state index in [0.29, 0.717) is 10.6 Å². The smallest absolute Gasteiger partial charge is 0.246 e. The normalized spacial score (nSPS) is 11.6. The number of nitrogens with two attached hydrogens (primary N) is 1. The molecule has 0 saturated heterocycles. The Hall–Kier alpha value is -2.16. The van der Waals surface area contributed by atoms with Crippen molar-refractivity contribution in [3.63, 3.8) is 0 Å². The lowest BCUT2D eigenvalue weighted by molar-refractivity contribution is -0.117. The number of nitrogens with zero attached hydrogens (tertiary/aromatic N) is 1. The highest BCUT2D eigenvalue weighted by Crippen LogP contribution is 2.23. The summed E-state index contributed by atoms with van der Waals surface area (Å²) in [5, 5.41) is 13.9. The monoisotopic (exact) mass is 271 g/mol. The Labute approximate surface area is 115 Å². The number of rotatable bonds is 3. The Kier molecular flexibility index (Phi) is 3.95. The summed E-state index contributed by atoms with van der Waals surface area (Å²) in [5.74, 6) is -0.317. The SMILES string of the molecule is Cc1ccc(C(N)C(=O)Nc2sccc2C#N)cc1. The number of nitriles is 1. The maximum atomic E-state index is 12.0. The molecule has 0 radical (unpaired) electrons. The first kappa shape index (κ1) is 13.3. The number of carbonyl (C=O) groups is 1. The highest BCUT2D eigenvalue weighted by atomic mass is 32.1. The molecule has 2 aromatic rings. The summed E-state index contributed by atoms with van der Waals surface area (Å²) in [4.78, 5) is 12.0. The molecule has 1 aromatic heterocycles. The molecular formula is C14H13N3OS. The molecule has 1 heterocycles. The van der Waals surface area contributed by atoms with Crippen LogP contribution in [0.2, 0.25) is 0 Å². The quantitative estimate of drug-likeness (QED) is 0.900. The van der Waals surface area contributed by atoms with Crippen LogP contribution in [0.25, 0.3) is 0 Å². The van der Waals surface area contributed by atoms with Crippen molar-refractivity contribution in [2.24, 2.45) is 5.73 Å². The standard InChI is InChI=1S/C14H13N3OS/c1-9-2-4-10(5-3-9)12(16)13(18)17-14-11(8-15)6-7-19-14/h2-7,12H,16H2,1H3,(H,17,18). The van der Waals surface area contributed by atoms with Gasteiger partial charge in [-0.05, 0) is 23.9 Å². The van der Waals surface area contributed by atoms with Crippen LogP contribution in [0.4, 0.5) is 5.00 Å². The summed E-state index contributed by atoms with van der Waals surface area (Å²) in [6, 6.07) is 10.4. The molecule has 1 atom stereocenters. The number of anilines is 1. The van der Waals surface area contributed by atoms with E-state index in [2.05, 4.69) is 5.32 Å². The Morgan fingerprint density at radius 3 is 2.68 bits per heavy atom. The molecule has 0 spiro atoms. The van der Waals surface area contributed by atoms with Gasteiger partial charge in [0.15, 0.2) is 0 Å². The van der Waals surface area contributed by atoms with Crippen LogP contribution in [0.3, 0.4) is 0 Å². The third-order valence-electron chi connectivity index (χ3n) is 2.74. The first-order valence-electron chi connectivity index (χ1n) is 5.72. The molecule has 0 bridgehead atoms. The number of nitrogens with one attached hydrogen (secondary N) is 1. The summed E-state index contributed by atoms with van der Waals surface area (Å²) in [6.07, 6.45) is 0. The highest BCUT2D eigenvalue weighted by Gasteiger charge is 2.17. The van der Waals surface area contributed by atoms with Crippen molar-refractivity contribution in [3.8, 4) is 6.07 Å². The van der Waals surface area contributed by atoms with E-state index in [4.69, 9.17) is 11.0 Å². The Morgan fingerprint density at radius 2 is 2.05 bits per heavy atom. The predicted octanol–water partition coefficient (Wildman–Crippen LogP) is 2.57. The van der Waals surface area contributed by atoms with Gasteiger partial charge in [0.25, 0.3) is 0 Å². The molecule has 19 heavy (non-hydrogen) atoms. The minimum atomic E-state index is -0.741. The molecular weight excluding hydrogens is 258 g/mol. The molecule has 0 aliphatic heterocycles. The van der Waals surface area contributed by atoms with Crippen molar-refractivity contribution >= 4 is 22.2 Å². The minimum absolute atomic E-state index is 0.317. The maximum absolute atomic E-state index is 12.0. The Morgan fingerprint density at radius 1 is 1.37 bits per heavy atom. The summed E-state index contributed by atoms with van der Waals surface area (Å²) >= 11 is 1.31. The highest BCUT2D eigenvalue weighted by molar-refractivity contribution is 7.14. The number of hydrogen-bond acceptors (Lipinski definition) is 4. The number of amides is 1. The van der Waals surface area contributed by atoms with Crippen molar-refractivity contribution in [1.29, 1.82) is 5.26 Å². The van der Waals surface area contributed by atoms with E-state index >= 15 is 0 Å². The van der Waals surface area contributed by atoms with Gasteiger partial charge in [-0.25, -0.2) is 0 Å². The summed E-state index contributed by atoms with van der Waals surface area (Å²) in [5.41, 5.74) is 8.22. The van der Waals surface area contributed by atoms with E-state index in [9.17, 15) is 4.79 Å². The molecule has 0 aliphatic carbocycles. The molecule has 0 fully saturated rings. The molecule has 5 heteroatoms. The lowest BCUT2D eigenvalue weighted by atomic mass is 10.1. The second-order valence-corrected chi connectivity index (χ2v) is 5.07. The third kappa shape index (κ3) is 2.99. The van der Waals surface area contributed by atoms with Crippen molar-refractivity contribution < 1.29 is 4.79 Å². The molecule has 3 N–H and O–H groups in total. The van der Waals surface area contributed by atoms with Crippen molar-refractivity contribution in [2.75, 3.05) is 5.32 Å². The molecule has 2 rings (SSSR count). The predicted molar refractivity (Wildman–Crippen MR) is 75.8 cm³/mol. The van der Waals surface area contributed by atoms with Gasteiger partial charge in [-0.3, -0.25) is 4.79 Å². The Bertz CT molecular complexity index is 625. The molecule has 0 aliphatic rings. The van der Waals surface area contributed by atoms with Crippen LogP contribution in [0.1, 0.15) is 22.7 Å². The van der Waals surface area contributed by atoms with Gasteiger partial charge in [0.2, 0.25) is 5.91 Å². The Balaban J connectivity index is 2.12. The summed E-state index contributed by atoms with van der Waals surface area (Å²) in [6.45, 7) is 1.97. The zero-order chi connectivity index (χ0) is 13.8. The van der Waals surface area contributed by atoms with E-state index < -0.39 is 6.04 Å². The second kappa shape index (κ2) is 5.65. The average molecular weight is 271 g/mol. The molecule has 1 aromatic carbocycles. The number of aryl methyl sites for hydroxylation is 1. The topological polar surface area (TPSA) is 78.9 Å². The van der Waals surface area contributed by atoms with E-state index in [0.717, 1.165) is 11.1 Å². The van der Waals surface area contributed by atoms with E-state index in [1.807, 2.05) is 37.3 Å². The van der Waals surface area contributed by atoms with Crippen LogP contribution in [-0.2, 0) is 4.79 Å². The van der Waals surface area contributed by atoms with Crippen LogP contribution in [0.15, 0.2) is 35.7 Å². The van der Waals surface area contributed by atoms with Gasteiger partial charge in [-0.2, -0.15) is 5.26 Å². The van der Waals surface area contributed by atoms with Gasteiger partial charge >= 0.3 is 0 Å². The zero-order valence-corrected chi connectivity index (χ0v) is 11.2. The van der Waals surface area contributed by atoms with Gasteiger partial charge in [-0.1, -0.05) is 29.8 Å². The minimum Gasteiger partial charge on any atom is -0.316 e. The average Bonchev–Trinajstić information content (AvgIpc) is 2.86. The van der Waals surface area contributed by atoms with Gasteiger partial charge < -0.3 is 11.1 Å². The van der Waals surface area contributed by atoms with Crippen LogP contribution in [-0.4, -0.2) is 5.91 Å². The zero-order valence-electron chi connectivity index (χ0n) is 10.4. The number of thiophene rings is 1. The van der Waals surface area contributed by atoms with Crippen molar-refractivity contribution in [3.05, 3.63) is 52.4 Å². The van der Waals surface area contributed by atoms with E-state index in [-0.39, 0.29) is 5.91 Å². The fourth-order valence-electron chi connectivity index (χ4n) is 1.61. The number of benzene rings is 1. The number of hydrogen-bond donors (Lipinski definition) is 2. The summed E-state index contributed by atoms with van der Waals surface area (Å²) in [7, 11) is 0. The van der Waals surface area contributed by atoms with Crippen molar-refractivity contribution in [1.82, 2.24) is 0 Å². The molecule has 4 nitrogen and oxygen atoms in total. The van der Waals surface area contributed by atoms with Crippen molar-refractivity contribution in [2.45, 2.75) is 13.0 Å².